The number of carboxylic acids is 2. The van der Waals surface area contributed by atoms with E-state index in [1.807, 2.05) is 0 Å². The molecule has 0 bridgehead atoms. The summed E-state index contributed by atoms with van der Waals surface area (Å²) < 4.78 is 28.5. The summed E-state index contributed by atoms with van der Waals surface area (Å²) in [6.45, 7) is -0.720. The SMILES string of the molecule is O=C(NC(C(=O)O)n1cc(F)c(=O)[nH]c1=O)OCc1ccc(O[C@@H]2O[C@H](C(=O)O)[C@@H](O)[C@H](O)[C@H]2O)c([N+](=O)[O-])c1. The van der Waals surface area contributed by atoms with E-state index in [0.717, 1.165) is 18.2 Å². The number of aliphatic hydroxyl groups is 3. The van der Waals surface area contributed by atoms with E-state index in [-0.39, 0.29) is 16.3 Å². The summed E-state index contributed by atoms with van der Waals surface area (Å²) in [5, 5.41) is 61.3. The van der Waals surface area contributed by atoms with Crippen LogP contribution in [-0.4, -0.2) is 88.7 Å². The Labute approximate surface area is 218 Å². The first kappa shape index (κ1) is 29.6. The third-order valence-corrected chi connectivity index (χ3v) is 5.34. The van der Waals surface area contributed by atoms with E-state index in [1.165, 1.54) is 4.98 Å². The van der Waals surface area contributed by atoms with Crippen LogP contribution in [0.2, 0.25) is 0 Å². The number of nitro groups is 1. The Morgan fingerprint density at radius 1 is 1.18 bits per heavy atom. The second kappa shape index (κ2) is 11.9. The zero-order valence-corrected chi connectivity index (χ0v) is 19.6. The summed E-state index contributed by atoms with van der Waals surface area (Å²) in [5.74, 6) is -5.67. The van der Waals surface area contributed by atoms with Gasteiger partial charge in [-0.1, -0.05) is 6.07 Å². The number of aromatic amines is 1. The number of nitrogens with one attached hydrogen (secondary N) is 2. The Kier molecular flexibility index (Phi) is 8.78. The Bertz CT molecular complexity index is 1440. The molecule has 1 aliphatic rings. The monoisotopic (exact) mass is 574 g/mol. The fourth-order valence-electron chi connectivity index (χ4n) is 3.37. The highest BCUT2D eigenvalue weighted by atomic mass is 19.1. The van der Waals surface area contributed by atoms with Crippen molar-refractivity contribution in [3.63, 3.8) is 0 Å². The van der Waals surface area contributed by atoms with Crippen LogP contribution in [0.15, 0.2) is 34.0 Å². The number of amides is 1. The van der Waals surface area contributed by atoms with Crippen molar-refractivity contribution < 1.29 is 63.4 Å². The molecule has 0 saturated carbocycles. The van der Waals surface area contributed by atoms with Crippen LogP contribution in [0.25, 0.3) is 0 Å². The van der Waals surface area contributed by atoms with E-state index in [0.29, 0.717) is 0 Å². The van der Waals surface area contributed by atoms with Gasteiger partial charge in [-0.2, -0.15) is 4.39 Å². The Morgan fingerprint density at radius 3 is 2.45 bits per heavy atom. The Balaban J connectivity index is 1.73. The third-order valence-electron chi connectivity index (χ3n) is 5.34. The van der Waals surface area contributed by atoms with Crippen molar-refractivity contribution in [3.8, 4) is 5.75 Å². The minimum absolute atomic E-state index is 0.0719. The average molecular weight is 574 g/mol. The number of hydrogen-bond acceptors (Lipinski definition) is 13. The van der Waals surface area contributed by atoms with Crippen LogP contribution in [0, 0.1) is 15.9 Å². The van der Waals surface area contributed by atoms with Crippen molar-refractivity contribution >= 4 is 23.7 Å². The number of H-pyrrole nitrogens is 1. The van der Waals surface area contributed by atoms with E-state index in [2.05, 4.69) is 0 Å². The van der Waals surface area contributed by atoms with Crippen molar-refractivity contribution in [1.82, 2.24) is 14.9 Å². The molecule has 1 amide bonds. The first-order valence-electron chi connectivity index (χ1n) is 10.7. The van der Waals surface area contributed by atoms with Crippen molar-refractivity contribution in [2.45, 2.75) is 43.5 Å². The van der Waals surface area contributed by atoms with E-state index >= 15 is 0 Å². The molecule has 1 aromatic carbocycles. The first-order chi connectivity index (χ1) is 18.7. The molecule has 3 rings (SSSR count). The van der Waals surface area contributed by atoms with Crippen LogP contribution in [0.3, 0.4) is 0 Å². The number of carbonyl (C=O) groups excluding carboxylic acids is 1. The molecule has 1 aliphatic heterocycles. The highest BCUT2D eigenvalue weighted by Crippen LogP contribution is 2.32. The van der Waals surface area contributed by atoms with Gasteiger partial charge < -0.3 is 39.7 Å². The first-order valence-corrected chi connectivity index (χ1v) is 10.7. The molecule has 19 nitrogen and oxygen atoms in total. The van der Waals surface area contributed by atoms with Gasteiger partial charge in [0.1, 0.15) is 24.9 Å². The van der Waals surface area contributed by atoms with Crippen molar-refractivity contribution in [3.05, 3.63) is 66.7 Å². The summed E-state index contributed by atoms with van der Waals surface area (Å²) in [6.07, 6.45) is -13.5. The maximum Gasteiger partial charge on any atom is 0.409 e. The molecular formula is C20H19FN4O15. The zero-order valence-electron chi connectivity index (χ0n) is 19.6. The molecule has 0 radical (unpaired) electrons. The number of rotatable bonds is 9. The lowest BCUT2D eigenvalue weighted by molar-refractivity contribution is -0.387. The molecule has 7 N–H and O–H groups in total. The average Bonchev–Trinajstić information content (AvgIpc) is 2.88. The highest BCUT2D eigenvalue weighted by molar-refractivity contribution is 5.78. The molecule has 0 spiro atoms. The standard InChI is InChI=1S/C20H19FN4O15/c21-7-4-24(19(34)23-15(7)29)14(17(32)33)22-20(35)38-5-6-1-2-9(8(3-6)25(36)37)39-18-12(28)10(26)11(27)13(40-18)16(30)31/h1-4,10-14,18,26-28H,5H2,(H,22,35)(H,30,31)(H,32,33)(H,23,29,34)/t10-,11-,12+,13-,14?,18+/m0/s1. The largest absolute Gasteiger partial charge is 0.479 e. The molecule has 1 saturated heterocycles. The molecule has 1 fully saturated rings. The van der Waals surface area contributed by atoms with Gasteiger partial charge in [0.05, 0.1) is 11.1 Å². The van der Waals surface area contributed by atoms with E-state index in [4.69, 9.17) is 19.3 Å². The third kappa shape index (κ3) is 6.37. The van der Waals surface area contributed by atoms with Crippen molar-refractivity contribution in [2.24, 2.45) is 0 Å². The minimum atomic E-state index is -2.22. The fraction of sp³-hybridized carbons (Fsp3) is 0.350. The molecule has 2 heterocycles. The smallest absolute Gasteiger partial charge is 0.409 e. The van der Waals surface area contributed by atoms with E-state index < -0.39 is 94.9 Å². The van der Waals surface area contributed by atoms with Crippen LogP contribution in [0.4, 0.5) is 14.9 Å². The van der Waals surface area contributed by atoms with Gasteiger partial charge in [0.25, 0.3) is 5.56 Å². The van der Waals surface area contributed by atoms with Gasteiger partial charge in [0.2, 0.25) is 18.3 Å². The highest BCUT2D eigenvalue weighted by Gasteiger charge is 2.48. The predicted octanol–water partition coefficient (Wildman–Crippen LogP) is -2.64. The number of ether oxygens (including phenoxy) is 3. The molecule has 0 aliphatic carbocycles. The summed E-state index contributed by atoms with van der Waals surface area (Å²) >= 11 is 0. The second-order valence-corrected chi connectivity index (χ2v) is 8.02. The number of hydrogen-bond donors (Lipinski definition) is 7. The number of aromatic nitrogens is 2. The number of benzene rings is 1. The summed E-state index contributed by atoms with van der Waals surface area (Å²) in [6, 6.07) is 2.89. The van der Waals surface area contributed by atoms with Crippen LogP contribution < -0.4 is 21.3 Å². The van der Waals surface area contributed by atoms with Crippen LogP contribution >= 0.6 is 0 Å². The van der Waals surface area contributed by atoms with Crippen LogP contribution in [0.5, 0.6) is 5.75 Å². The summed E-state index contributed by atoms with van der Waals surface area (Å²) in [4.78, 5) is 69.9. The van der Waals surface area contributed by atoms with Crippen LogP contribution in [-0.2, 0) is 25.7 Å². The van der Waals surface area contributed by atoms with Crippen LogP contribution in [0.1, 0.15) is 11.7 Å². The number of aliphatic carboxylic acids is 2. The molecule has 40 heavy (non-hydrogen) atoms. The lowest BCUT2D eigenvalue weighted by atomic mass is 9.99. The van der Waals surface area contributed by atoms with Crippen molar-refractivity contribution in [2.75, 3.05) is 0 Å². The zero-order chi connectivity index (χ0) is 29.9. The minimum Gasteiger partial charge on any atom is -0.479 e. The Morgan fingerprint density at radius 2 is 1.85 bits per heavy atom. The summed E-state index contributed by atoms with van der Waals surface area (Å²) in [7, 11) is 0. The second-order valence-electron chi connectivity index (χ2n) is 8.02. The number of nitrogens with zero attached hydrogens (tertiary/aromatic N) is 2. The van der Waals surface area contributed by atoms with Gasteiger partial charge in [-0.25, -0.2) is 19.2 Å². The lowest BCUT2D eigenvalue weighted by Crippen LogP contribution is -2.61. The van der Waals surface area contributed by atoms with Gasteiger partial charge in [-0.15, -0.1) is 0 Å². The molecule has 6 atom stereocenters. The van der Waals surface area contributed by atoms with Gasteiger partial charge in [-0.05, 0) is 11.6 Å². The van der Waals surface area contributed by atoms with E-state index in [1.54, 1.807) is 5.32 Å². The molecule has 216 valence electrons. The van der Waals surface area contributed by atoms with Gasteiger partial charge >= 0.3 is 29.4 Å². The molecule has 1 aromatic heterocycles. The topological polar surface area (TPSA) is 290 Å². The number of alkyl carbamates (subject to hydrolysis) is 1. The predicted molar refractivity (Wildman–Crippen MR) is 119 cm³/mol. The van der Waals surface area contributed by atoms with Gasteiger partial charge in [0.15, 0.2) is 11.9 Å². The lowest BCUT2D eigenvalue weighted by Gasteiger charge is -2.38. The number of carbonyl (C=O) groups is 3. The number of nitro benzene ring substituents is 1. The van der Waals surface area contributed by atoms with E-state index in [9.17, 15) is 58.9 Å². The fourth-order valence-corrected chi connectivity index (χ4v) is 3.37. The van der Waals surface area contributed by atoms with Crippen molar-refractivity contribution in [1.29, 1.82) is 0 Å². The van der Waals surface area contributed by atoms with Gasteiger partial charge in [-0.3, -0.25) is 29.8 Å². The maximum absolute atomic E-state index is 13.5. The molecule has 20 heteroatoms. The summed E-state index contributed by atoms with van der Waals surface area (Å²) in [5.41, 5.74) is -3.67. The van der Waals surface area contributed by atoms with Gasteiger partial charge in [0, 0.05) is 6.07 Å². The molecule has 1 unspecified atom stereocenters. The Hall–Kier alpha value is -4.92. The normalized spacial score (nSPS) is 23.1. The maximum atomic E-state index is 13.5. The number of aliphatic hydroxyl groups excluding tert-OH is 3. The number of halogens is 1. The molecule has 2 aromatic rings. The molecular weight excluding hydrogens is 555 g/mol. The number of carboxylic acid groups (broad SMARTS) is 2. The quantitative estimate of drug-likeness (QED) is 0.119.